The summed E-state index contributed by atoms with van der Waals surface area (Å²) in [6, 6.07) is 0. The number of amides is 1. The molecule has 0 aromatic heterocycles. The Labute approximate surface area is 100 Å². The van der Waals surface area contributed by atoms with Crippen molar-refractivity contribution in [3.63, 3.8) is 0 Å². The van der Waals surface area contributed by atoms with Crippen LogP contribution in [-0.4, -0.2) is 12.5 Å². The first-order chi connectivity index (χ1) is 7.74. The van der Waals surface area contributed by atoms with Crippen molar-refractivity contribution in [3.8, 4) is 0 Å². The Morgan fingerprint density at radius 3 is 2.44 bits per heavy atom. The lowest BCUT2D eigenvalue weighted by Crippen LogP contribution is -2.31. The average Bonchev–Trinajstić information content (AvgIpc) is 2.57. The van der Waals surface area contributed by atoms with Crippen molar-refractivity contribution < 1.29 is 4.79 Å². The maximum Gasteiger partial charge on any atom is 0.223 e. The summed E-state index contributed by atoms with van der Waals surface area (Å²) in [7, 11) is 0. The Morgan fingerprint density at radius 2 is 1.88 bits per heavy atom. The van der Waals surface area contributed by atoms with Gasteiger partial charge < -0.3 is 5.32 Å². The van der Waals surface area contributed by atoms with Crippen LogP contribution in [0.4, 0.5) is 0 Å². The molecule has 2 nitrogen and oxygen atoms in total. The summed E-state index contributed by atoms with van der Waals surface area (Å²) in [6.07, 6.45) is 9.65. The summed E-state index contributed by atoms with van der Waals surface area (Å²) in [5.74, 6) is 1.35. The fourth-order valence-electron chi connectivity index (χ4n) is 2.33. The second-order valence-corrected chi connectivity index (χ2v) is 5.28. The Balaban J connectivity index is 2.17. The molecule has 0 bridgehead atoms. The molecular formula is C14H27NO. The molecule has 0 aromatic rings. The van der Waals surface area contributed by atoms with Gasteiger partial charge >= 0.3 is 0 Å². The lowest BCUT2D eigenvalue weighted by atomic mass is 9.99. The highest BCUT2D eigenvalue weighted by Crippen LogP contribution is 2.22. The van der Waals surface area contributed by atoms with Gasteiger partial charge in [0.05, 0.1) is 0 Å². The van der Waals surface area contributed by atoms with Gasteiger partial charge in [-0.1, -0.05) is 46.0 Å². The maximum atomic E-state index is 11.9. The zero-order valence-electron chi connectivity index (χ0n) is 10.9. The van der Waals surface area contributed by atoms with Crippen LogP contribution in [0.25, 0.3) is 0 Å². The third-order valence-corrected chi connectivity index (χ3v) is 3.86. The van der Waals surface area contributed by atoms with Gasteiger partial charge in [-0.25, -0.2) is 0 Å². The van der Waals surface area contributed by atoms with Crippen molar-refractivity contribution >= 4 is 5.91 Å². The molecule has 1 aliphatic carbocycles. The molecule has 1 saturated carbocycles. The Hall–Kier alpha value is -0.530. The molecule has 0 aromatic carbocycles. The van der Waals surface area contributed by atoms with E-state index in [2.05, 4.69) is 19.2 Å². The molecule has 0 radical (unpaired) electrons. The van der Waals surface area contributed by atoms with Crippen LogP contribution in [0.2, 0.25) is 0 Å². The molecule has 2 heteroatoms. The molecule has 0 unspecified atom stereocenters. The number of hydrogen-bond acceptors (Lipinski definition) is 1. The van der Waals surface area contributed by atoms with Crippen LogP contribution in [-0.2, 0) is 4.79 Å². The van der Waals surface area contributed by atoms with E-state index in [0.29, 0.717) is 11.8 Å². The van der Waals surface area contributed by atoms with Crippen LogP contribution in [0.1, 0.15) is 65.2 Å². The number of rotatable bonds is 5. The summed E-state index contributed by atoms with van der Waals surface area (Å²) >= 11 is 0. The Kier molecular flexibility index (Phi) is 6.51. The van der Waals surface area contributed by atoms with Crippen molar-refractivity contribution in [3.05, 3.63) is 0 Å². The normalized spacial score (nSPS) is 20.1. The van der Waals surface area contributed by atoms with Crippen LogP contribution in [0.5, 0.6) is 0 Å². The number of carbonyl (C=O) groups is 1. The summed E-state index contributed by atoms with van der Waals surface area (Å²) in [5, 5.41) is 3.11. The van der Waals surface area contributed by atoms with E-state index in [0.717, 1.165) is 31.7 Å². The minimum atomic E-state index is 0.305. The second kappa shape index (κ2) is 7.70. The Bertz CT molecular complexity index is 195. The van der Waals surface area contributed by atoms with Crippen molar-refractivity contribution in [2.75, 3.05) is 6.54 Å². The molecule has 1 fully saturated rings. The third-order valence-electron chi connectivity index (χ3n) is 3.86. The van der Waals surface area contributed by atoms with E-state index in [1.54, 1.807) is 0 Å². The summed E-state index contributed by atoms with van der Waals surface area (Å²) in [5.41, 5.74) is 0. The molecule has 1 amide bonds. The van der Waals surface area contributed by atoms with Gasteiger partial charge in [0, 0.05) is 12.5 Å². The van der Waals surface area contributed by atoms with Gasteiger partial charge in [-0.2, -0.15) is 0 Å². The van der Waals surface area contributed by atoms with E-state index >= 15 is 0 Å². The van der Waals surface area contributed by atoms with Crippen LogP contribution in [0.3, 0.4) is 0 Å². The van der Waals surface area contributed by atoms with Gasteiger partial charge in [0.15, 0.2) is 0 Å². The maximum absolute atomic E-state index is 11.9. The van der Waals surface area contributed by atoms with E-state index in [1.807, 2.05) is 0 Å². The van der Waals surface area contributed by atoms with Crippen molar-refractivity contribution in [2.45, 2.75) is 65.2 Å². The van der Waals surface area contributed by atoms with Gasteiger partial charge in [-0.15, -0.1) is 0 Å². The highest BCUT2D eigenvalue weighted by molar-refractivity contribution is 5.78. The molecule has 1 rings (SSSR count). The number of hydrogen-bond donors (Lipinski definition) is 1. The molecule has 94 valence electrons. The predicted molar refractivity (Wildman–Crippen MR) is 68.3 cm³/mol. The number of carbonyl (C=O) groups excluding carboxylic acids is 1. The van der Waals surface area contributed by atoms with Gasteiger partial charge in [0.25, 0.3) is 0 Å². The molecular weight excluding hydrogens is 198 g/mol. The molecule has 1 atom stereocenters. The van der Waals surface area contributed by atoms with Crippen LogP contribution in [0, 0.1) is 11.8 Å². The zero-order valence-corrected chi connectivity index (χ0v) is 10.9. The smallest absolute Gasteiger partial charge is 0.223 e. The molecule has 0 heterocycles. The topological polar surface area (TPSA) is 29.1 Å². The Morgan fingerprint density at radius 1 is 1.25 bits per heavy atom. The van der Waals surface area contributed by atoms with E-state index in [4.69, 9.17) is 0 Å². The third kappa shape index (κ3) is 5.00. The second-order valence-electron chi connectivity index (χ2n) is 5.28. The zero-order chi connectivity index (χ0) is 11.8. The van der Waals surface area contributed by atoms with Crippen molar-refractivity contribution in [1.82, 2.24) is 5.32 Å². The fourth-order valence-corrected chi connectivity index (χ4v) is 2.33. The summed E-state index contributed by atoms with van der Waals surface area (Å²) in [4.78, 5) is 11.9. The van der Waals surface area contributed by atoms with E-state index in [9.17, 15) is 4.79 Å². The molecule has 16 heavy (non-hydrogen) atoms. The van der Waals surface area contributed by atoms with Crippen LogP contribution < -0.4 is 5.32 Å². The van der Waals surface area contributed by atoms with Gasteiger partial charge in [-0.05, 0) is 25.2 Å². The minimum Gasteiger partial charge on any atom is -0.356 e. The molecule has 0 spiro atoms. The van der Waals surface area contributed by atoms with E-state index < -0.39 is 0 Å². The average molecular weight is 225 g/mol. The fraction of sp³-hybridized carbons (Fsp3) is 0.929. The monoisotopic (exact) mass is 225 g/mol. The van der Waals surface area contributed by atoms with E-state index in [1.165, 1.54) is 32.1 Å². The van der Waals surface area contributed by atoms with Crippen LogP contribution >= 0.6 is 0 Å². The van der Waals surface area contributed by atoms with Crippen molar-refractivity contribution in [1.29, 1.82) is 0 Å². The molecule has 1 N–H and O–H groups in total. The SMILES string of the molecule is CC[C@H](C)CCNC(=O)C1CCCCCC1. The van der Waals surface area contributed by atoms with Crippen LogP contribution in [0.15, 0.2) is 0 Å². The summed E-state index contributed by atoms with van der Waals surface area (Å²) < 4.78 is 0. The molecule has 0 saturated heterocycles. The minimum absolute atomic E-state index is 0.305. The lowest BCUT2D eigenvalue weighted by molar-refractivity contribution is -0.125. The first-order valence-electron chi connectivity index (χ1n) is 7.01. The summed E-state index contributed by atoms with van der Waals surface area (Å²) in [6.45, 7) is 5.32. The molecule has 1 aliphatic rings. The quantitative estimate of drug-likeness (QED) is 0.713. The van der Waals surface area contributed by atoms with Gasteiger partial charge in [0.2, 0.25) is 5.91 Å². The largest absolute Gasteiger partial charge is 0.356 e. The predicted octanol–water partition coefficient (Wildman–Crippen LogP) is 3.51. The van der Waals surface area contributed by atoms with Gasteiger partial charge in [0.1, 0.15) is 0 Å². The molecule has 0 aliphatic heterocycles. The highest BCUT2D eigenvalue weighted by atomic mass is 16.1. The van der Waals surface area contributed by atoms with Crippen molar-refractivity contribution in [2.24, 2.45) is 11.8 Å². The van der Waals surface area contributed by atoms with E-state index in [-0.39, 0.29) is 0 Å². The lowest BCUT2D eigenvalue weighted by Gasteiger charge is -2.15. The standard InChI is InChI=1S/C14H27NO/c1-3-12(2)10-11-15-14(16)13-8-6-4-5-7-9-13/h12-13H,3-11H2,1-2H3,(H,15,16)/t12-/m0/s1. The first-order valence-corrected chi connectivity index (χ1v) is 7.01. The first kappa shape index (κ1) is 13.5. The number of nitrogens with one attached hydrogen (secondary N) is 1. The highest BCUT2D eigenvalue weighted by Gasteiger charge is 2.19. The van der Waals surface area contributed by atoms with Gasteiger partial charge in [-0.3, -0.25) is 4.79 Å².